The molecule has 1 fully saturated rings. The summed E-state index contributed by atoms with van der Waals surface area (Å²) in [6.07, 6.45) is 6.38. The first kappa shape index (κ1) is 14.8. The molecule has 1 saturated carbocycles. The largest absolute Gasteiger partial charge is 0.307 e. The molecule has 1 aromatic rings. The van der Waals surface area contributed by atoms with Crippen molar-refractivity contribution >= 4 is 11.6 Å². The SMILES string of the molecule is CC1CCCC(NC(C)c2ccc(F)cc2Cl)CC1. The van der Waals surface area contributed by atoms with Gasteiger partial charge in [0.2, 0.25) is 0 Å². The molecule has 0 radical (unpaired) electrons. The minimum Gasteiger partial charge on any atom is -0.307 e. The topological polar surface area (TPSA) is 12.0 Å². The smallest absolute Gasteiger partial charge is 0.124 e. The van der Waals surface area contributed by atoms with Crippen LogP contribution < -0.4 is 5.32 Å². The Morgan fingerprint density at radius 3 is 2.79 bits per heavy atom. The van der Waals surface area contributed by atoms with E-state index in [2.05, 4.69) is 19.2 Å². The third-order valence-electron chi connectivity index (χ3n) is 4.17. The van der Waals surface area contributed by atoms with Crippen molar-refractivity contribution in [1.82, 2.24) is 5.32 Å². The van der Waals surface area contributed by atoms with E-state index in [1.54, 1.807) is 6.07 Å². The van der Waals surface area contributed by atoms with E-state index in [1.165, 1.54) is 44.2 Å². The van der Waals surface area contributed by atoms with E-state index < -0.39 is 0 Å². The zero-order chi connectivity index (χ0) is 13.8. The van der Waals surface area contributed by atoms with E-state index >= 15 is 0 Å². The standard InChI is InChI=1S/C16H23ClFN/c1-11-4-3-5-14(8-6-11)19-12(2)15-9-7-13(18)10-16(15)17/h7,9-12,14,19H,3-6,8H2,1-2H3. The van der Waals surface area contributed by atoms with Crippen LogP contribution >= 0.6 is 11.6 Å². The minimum atomic E-state index is -0.274. The van der Waals surface area contributed by atoms with Crippen LogP contribution in [0.25, 0.3) is 0 Å². The molecule has 3 unspecified atom stereocenters. The molecule has 0 aliphatic heterocycles. The normalized spacial score (nSPS) is 25.9. The fourth-order valence-electron chi connectivity index (χ4n) is 2.95. The minimum absolute atomic E-state index is 0.173. The van der Waals surface area contributed by atoms with Crippen molar-refractivity contribution in [1.29, 1.82) is 0 Å². The summed E-state index contributed by atoms with van der Waals surface area (Å²) in [5.74, 6) is 0.570. The van der Waals surface area contributed by atoms with Gasteiger partial charge in [-0.2, -0.15) is 0 Å². The van der Waals surface area contributed by atoms with Crippen LogP contribution in [0.4, 0.5) is 4.39 Å². The van der Waals surface area contributed by atoms with Gasteiger partial charge in [-0.1, -0.05) is 37.4 Å². The molecule has 1 nitrogen and oxygen atoms in total. The molecule has 1 aromatic carbocycles. The van der Waals surface area contributed by atoms with Gasteiger partial charge in [-0.15, -0.1) is 0 Å². The van der Waals surface area contributed by atoms with Crippen LogP contribution in [0.5, 0.6) is 0 Å². The summed E-state index contributed by atoms with van der Waals surface area (Å²) in [6.45, 7) is 4.44. The Morgan fingerprint density at radius 1 is 1.26 bits per heavy atom. The van der Waals surface area contributed by atoms with Gasteiger partial charge in [0.1, 0.15) is 5.82 Å². The van der Waals surface area contributed by atoms with Crippen molar-refractivity contribution in [2.45, 2.75) is 58.0 Å². The maximum absolute atomic E-state index is 13.1. The van der Waals surface area contributed by atoms with E-state index in [0.717, 1.165) is 11.5 Å². The molecule has 0 spiro atoms. The van der Waals surface area contributed by atoms with Crippen molar-refractivity contribution in [3.8, 4) is 0 Å². The summed E-state index contributed by atoms with van der Waals surface area (Å²) in [7, 11) is 0. The first-order chi connectivity index (χ1) is 9.06. The Morgan fingerprint density at radius 2 is 2.05 bits per heavy atom. The van der Waals surface area contributed by atoms with Gasteiger partial charge in [0, 0.05) is 17.1 Å². The van der Waals surface area contributed by atoms with Crippen molar-refractivity contribution in [2.24, 2.45) is 5.92 Å². The summed E-state index contributed by atoms with van der Waals surface area (Å²) in [5.41, 5.74) is 0.986. The molecule has 1 N–H and O–H groups in total. The Labute approximate surface area is 120 Å². The Hall–Kier alpha value is -0.600. The number of nitrogens with one attached hydrogen (secondary N) is 1. The number of hydrogen-bond donors (Lipinski definition) is 1. The average Bonchev–Trinajstić information content (AvgIpc) is 2.54. The van der Waals surface area contributed by atoms with Crippen LogP contribution in [0.1, 0.15) is 57.6 Å². The lowest BCUT2D eigenvalue weighted by Crippen LogP contribution is -2.31. The second-order valence-corrected chi connectivity index (χ2v) is 6.27. The van der Waals surface area contributed by atoms with Crippen LogP contribution in [0.3, 0.4) is 0 Å². The molecule has 0 heterocycles. The molecule has 19 heavy (non-hydrogen) atoms. The first-order valence-electron chi connectivity index (χ1n) is 7.27. The van der Waals surface area contributed by atoms with E-state index in [0.29, 0.717) is 11.1 Å². The third kappa shape index (κ3) is 4.19. The highest BCUT2D eigenvalue weighted by atomic mass is 35.5. The van der Waals surface area contributed by atoms with Crippen LogP contribution in [0, 0.1) is 11.7 Å². The van der Waals surface area contributed by atoms with Crippen molar-refractivity contribution in [3.63, 3.8) is 0 Å². The van der Waals surface area contributed by atoms with Crippen molar-refractivity contribution in [2.75, 3.05) is 0 Å². The molecule has 1 aliphatic rings. The maximum atomic E-state index is 13.1. The molecule has 0 saturated heterocycles. The van der Waals surface area contributed by atoms with Gasteiger partial charge in [0.05, 0.1) is 0 Å². The van der Waals surface area contributed by atoms with Gasteiger partial charge in [0.15, 0.2) is 0 Å². The number of benzene rings is 1. The second kappa shape index (κ2) is 6.71. The zero-order valence-corrected chi connectivity index (χ0v) is 12.5. The van der Waals surface area contributed by atoms with Crippen LogP contribution in [0.2, 0.25) is 5.02 Å². The predicted molar refractivity (Wildman–Crippen MR) is 79.0 cm³/mol. The van der Waals surface area contributed by atoms with Crippen LogP contribution in [-0.4, -0.2) is 6.04 Å². The predicted octanol–water partition coefficient (Wildman–Crippen LogP) is 5.10. The van der Waals surface area contributed by atoms with E-state index in [4.69, 9.17) is 11.6 Å². The fraction of sp³-hybridized carbons (Fsp3) is 0.625. The average molecular weight is 284 g/mol. The quantitative estimate of drug-likeness (QED) is 0.761. The molecule has 0 bridgehead atoms. The summed E-state index contributed by atoms with van der Waals surface area (Å²) in [6, 6.07) is 5.39. The highest BCUT2D eigenvalue weighted by molar-refractivity contribution is 6.31. The Bertz CT molecular complexity index is 421. The van der Waals surface area contributed by atoms with Crippen molar-refractivity contribution in [3.05, 3.63) is 34.6 Å². The number of halogens is 2. The lowest BCUT2D eigenvalue weighted by Gasteiger charge is -2.23. The Kier molecular flexibility index (Phi) is 5.23. The van der Waals surface area contributed by atoms with Crippen molar-refractivity contribution < 1.29 is 4.39 Å². The van der Waals surface area contributed by atoms with Crippen LogP contribution in [0.15, 0.2) is 18.2 Å². The van der Waals surface area contributed by atoms with Crippen LogP contribution in [-0.2, 0) is 0 Å². The van der Waals surface area contributed by atoms with Gasteiger partial charge in [0.25, 0.3) is 0 Å². The highest BCUT2D eigenvalue weighted by Gasteiger charge is 2.19. The maximum Gasteiger partial charge on any atom is 0.124 e. The molecular formula is C16H23ClFN. The summed E-state index contributed by atoms with van der Waals surface area (Å²) in [5, 5.41) is 4.16. The first-order valence-corrected chi connectivity index (χ1v) is 7.65. The van der Waals surface area contributed by atoms with Gasteiger partial charge < -0.3 is 5.32 Å². The molecule has 3 heteroatoms. The number of hydrogen-bond acceptors (Lipinski definition) is 1. The molecular weight excluding hydrogens is 261 g/mol. The lowest BCUT2D eigenvalue weighted by molar-refractivity contribution is 0.408. The molecule has 2 rings (SSSR count). The molecule has 106 valence electrons. The molecule has 1 aliphatic carbocycles. The molecule has 3 atom stereocenters. The van der Waals surface area contributed by atoms with E-state index in [1.807, 2.05) is 0 Å². The van der Waals surface area contributed by atoms with E-state index in [-0.39, 0.29) is 11.9 Å². The second-order valence-electron chi connectivity index (χ2n) is 5.86. The summed E-state index contributed by atoms with van der Waals surface area (Å²) >= 11 is 6.12. The highest BCUT2D eigenvalue weighted by Crippen LogP contribution is 2.27. The van der Waals surface area contributed by atoms with Gasteiger partial charge in [-0.25, -0.2) is 4.39 Å². The third-order valence-corrected chi connectivity index (χ3v) is 4.50. The van der Waals surface area contributed by atoms with Gasteiger partial charge in [-0.05, 0) is 49.8 Å². The molecule has 0 amide bonds. The Balaban J connectivity index is 1.98. The molecule has 0 aromatic heterocycles. The van der Waals surface area contributed by atoms with E-state index in [9.17, 15) is 4.39 Å². The van der Waals surface area contributed by atoms with Gasteiger partial charge in [-0.3, -0.25) is 0 Å². The fourth-order valence-corrected chi connectivity index (χ4v) is 3.28. The zero-order valence-electron chi connectivity index (χ0n) is 11.8. The monoisotopic (exact) mass is 283 g/mol. The van der Waals surface area contributed by atoms with Gasteiger partial charge >= 0.3 is 0 Å². The summed E-state index contributed by atoms with van der Waals surface area (Å²) < 4.78 is 13.1. The lowest BCUT2D eigenvalue weighted by atomic mass is 10.0. The number of rotatable bonds is 3. The summed E-state index contributed by atoms with van der Waals surface area (Å²) in [4.78, 5) is 0.